The number of amides is 1. The lowest BCUT2D eigenvalue weighted by molar-refractivity contribution is -0.143. The van der Waals surface area contributed by atoms with Crippen LogP contribution in [0, 0.1) is 0 Å². The van der Waals surface area contributed by atoms with Crippen LogP contribution in [0.1, 0.15) is 46.0 Å². The second-order valence-electron chi connectivity index (χ2n) is 11.0. The zero-order chi connectivity index (χ0) is 33.7. The lowest BCUT2D eigenvalue weighted by Gasteiger charge is -2.38. The van der Waals surface area contributed by atoms with Crippen molar-refractivity contribution in [3.05, 3.63) is 94.5 Å². The summed E-state index contributed by atoms with van der Waals surface area (Å²) < 4.78 is 102. The number of hydrogen-bond donors (Lipinski definition) is 6. The first-order valence-electron chi connectivity index (χ1n) is 14.5. The Bertz CT molecular complexity index is 1460. The van der Waals surface area contributed by atoms with E-state index in [2.05, 4.69) is 16.0 Å². The van der Waals surface area contributed by atoms with Crippen LogP contribution in [0.25, 0.3) is 0 Å². The number of benzene rings is 3. The van der Waals surface area contributed by atoms with E-state index in [1.807, 2.05) is 6.92 Å². The molecule has 1 saturated heterocycles. The third kappa shape index (κ3) is 10.4. The van der Waals surface area contributed by atoms with Crippen molar-refractivity contribution in [1.29, 1.82) is 0 Å². The zero-order valence-electron chi connectivity index (χ0n) is 25.2. The Morgan fingerprint density at radius 3 is 2.13 bits per heavy atom. The van der Waals surface area contributed by atoms with Crippen molar-refractivity contribution >= 4 is 40.5 Å². The third-order valence-electron chi connectivity index (χ3n) is 7.39. The van der Waals surface area contributed by atoms with E-state index in [1.54, 1.807) is 42.5 Å². The van der Waals surface area contributed by atoms with Crippen molar-refractivity contribution in [3.8, 4) is 0 Å². The van der Waals surface area contributed by atoms with E-state index in [0.29, 0.717) is 43.0 Å². The second kappa shape index (κ2) is 15.8. The second-order valence-corrected chi connectivity index (χ2v) is 13.1. The molecule has 6 N–H and O–H groups in total. The fourth-order valence-corrected chi connectivity index (χ4v) is 6.78. The molecular weight excluding hydrogens is 674 g/mol. The third-order valence-corrected chi connectivity index (χ3v) is 9.33. The Morgan fingerprint density at radius 1 is 0.936 bits per heavy atom. The number of alkyl halides is 6. The van der Waals surface area contributed by atoms with Crippen molar-refractivity contribution in [1.82, 2.24) is 10.6 Å². The van der Waals surface area contributed by atoms with E-state index in [1.165, 1.54) is 10.4 Å². The summed E-state index contributed by atoms with van der Waals surface area (Å²) in [5.41, 5.74) is -1.23. The van der Waals surface area contributed by atoms with Gasteiger partial charge in [-0.2, -0.15) is 26.3 Å². The number of carbonyl (C=O) groups is 1. The van der Waals surface area contributed by atoms with Crippen LogP contribution >= 0.6 is 23.2 Å². The Morgan fingerprint density at radius 2 is 1.57 bits per heavy atom. The molecule has 1 fully saturated rings. The van der Waals surface area contributed by atoms with Gasteiger partial charge in [-0.3, -0.25) is 18.2 Å². The SMILES string of the molecule is CCNc1cc(C(=O)N[C@@H](Cc2ccccc2)[C@@H](O)CNCc2cc(C(F)(F)F)cc(C(F)(F)F)c2)cc(N2CCCS2(O)O)c1.Cl. The minimum atomic E-state index is -4.99. The molecule has 0 spiro atoms. The van der Waals surface area contributed by atoms with Gasteiger partial charge in [-0.1, -0.05) is 30.3 Å². The average molecular weight is 711 g/mol. The first-order valence-corrected chi connectivity index (χ1v) is 16.2. The molecule has 47 heavy (non-hydrogen) atoms. The molecule has 1 heterocycles. The molecule has 0 bridgehead atoms. The molecule has 260 valence electrons. The summed E-state index contributed by atoms with van der Waals surface area (Å²) in [6.07, 6.45) is -10.6. The maximum absolute atomic E-state index is 13.6. The van der Waals surface area contributed by atoms with E-state index < -0.39 is 58.9 Å². The van der Waals surface area contributed by atoms with Crippen molar-refractivity contribution < 1.29 is 45.3 Å². The van der Waals surface area contributed by atoms with Crippen molar-refractivity contribution in [2.24, 2.45) is 0 Å². The van der Waals surface area contributed by atoms with Gasteiger partial charge in [-0.05, 0) is 67.3 Å². The van der Waals surface area contributed by atoms with Crippen LogP contribution in [-0.2, 0) is 25.3 Å². The molecule has 16 heteroatoms. The molecule has 1 aliphatic rings. The molecule has 0 saturated carbocycles. The number of nitrogens with zero attached hydrogens (tertiary/aromatic N) is 1. The number of nitrogens with one attached hydrogen (secondary N) is 3. The minimum absolute atomic E-state index is 0. The Labute approximate surface area is 276 Å². The van der Waals surface area contributed by atoms with Gasteiger partial charge < -0.3 is 21.1 Å². The summed E-state index contributed by atoms with van der Waals surface area (Å²) in [5.74, 6) is -0.375. The number of aliphatic hydroxyl groups excluding tert-OH is 1. The molecule has 2 atom stereocenters. The maximum Gasteiger partial charge on any atom is 0.416 e. The highest BCUT2D eigenvalue weighted by molar-refractivity contribution is 8.25. The molecule has 3 aromatic carbocycles. The van der Waals surface area contributed by atoms with Gasteiger partial charge in [0.05, 0.1) is 34.7 Å². The van der Waals surface area contributed by atoms with Gasteiger partial charge >= 0.3 is 12.4 Å². The highest BCUT2D eigenvalue weighted by Crippen LogP contribution is 2.51. The molecule has 0 aromatic heterocycles. The molecule has 8 nitrogen and oxygen atoms in total. The monoisotopic (exact) mass is 710 g/mol. The lowest BCUT2D eigenvalue weighted by atomic mass is 10.00. The number of hydrogen-bond acceptors (Lipinski definition) is 7. The highest BCUT2D eigenvalue weighted by Gasteiger charge is 2.37. The summed E-state index contributed by atoms with van der Waals surface area (Å²) >= 11 is 0. The number of anilines is 2. The Balaban J connectivity index is 0.00000600. The highest BCUT2D eigenvalue weighted by atomic mass is 35.5. The van der Waals surface area contributed by atoms with Crippen molar-refractivity contribution in [3.63, 3.8) is 0 Å². The van der Waals surface area contributed by atoms with Crippen LogP contribution in [-0.4, -0.2) is 57.7 Å². The Kier molecular flexibility index (Phi) is 12.8. The van der Waals surface area contributed by atoms with Crippen LogP contribution in [0.4, 0.5) is 37.7 Å². The molecule has 0 radical (unpaired) electrons. The van der Waals surface area contributed by atoms with Crippen LogP contribution in [0.15, 0.2) is 66.7 Å². The molecule has 4 rings (SSSR count). The summed E-state index contributed by atoms with van der Waals surface area (Å²) in [4.78, 5) is 13.6. The molecule has 0 aliphatic carbocycles. The average Bonchev–Trinajstić information content (AvgIpc) is 3.35. The predicted molar refractivity (Wildman–Crippen MR) is 173 cm³/mol. The Hall–Kier alpha value is -3.21. The van der Waals surface area contributed by atoms with E-state index in [4.69, 9.17) is 0 Å². The van der Waals surface area contributed by atoms with Gasteiger partial charge in [0.2, 0.25) is 0 Å². The fraction of sp³-hybridized carbons (Fsp3) is 0.387. The predicted octanol–water partition coefficient (Wildman–Crippen LogP) is 6.95. The number of carbonyl (C=O) groups excluding carboxylic acids is 1. The molecule has 0 unspecified atom stereocenters. The van der Waals surface area contributed by atoms with Gasteiger partial charge in [0.1, 0.15) is 0 Å². The first-order chi connectivity index (χ1) is 21.6. The minimum Gasteiger partial charge on any atom is -0.390 e. The molecule has 3 aromatic rings. The van der Waals surface area contributed by atoms with Gasteiger partial charge in [0.25, 0.3) is 5.91 Å². The van der Waals surface area contributed by atoms with Gasteiger partial charge in [0.15, 0.2) is 0 Å². The topological polar surface area (TPSA) is 117 Å². The number of halogens is 7. The summed E-state index contributed by atoms with van der Waals surface area (Å²) in [7, 11) is -3.05. The summed E-state index contributed by atoms with van der Waals surface area (Å²) in [6, 6.07) is 14.0. The molecular formula is C31H37ClF6N4O4S. The smallest absolute Gasteiger partial charge is 0.390 e. The van der Waals surface area contributed by atoms with Crippen LogP contribution in [0.5, 0.6) is 0 Å². The van der Waals surface area contributed by atoms with Crippen LogP contribution in [0.2, 0.25) is 0 Å². The quantitative estimate of drug-likeness (QED) is 0.113. The first kappa shape index (κ1) is 38.2. The molecule has 1 amide bonds. The fourth-order valence-electron chi connectivity index (χ4n) is 5.18. The van der Waals surface area contributed by atoms with Crippen LogP contribution in [0.3, 0.4) is 0 Å². The summed E-state index contributed by atoms with van der Waals surface area (Å²) in [5, 5.41) is 19.8. The summed E-state index contributed by atoms with van der Waals surface area (Å²) in [6.45, 7) is 2.09. The largest absolute Gasteiger partial charge is 0.416 e. The van der Waals surface area contributed by atoms with Crippen molar-refractivity contribution in [2.75, 3.05) is 35.0 Å². The van der Waals surface area contributed by atoms with Gasteiger partial charge in [-0.25, -0.2) is 0 Å². The van der Waals surface area contributed by atoms with E-state index >= 15 is 0 Å². The van der Waals surface area contributed by atoms with E-state index in [0.717, 1.165) is 5.56 Å². The molecule has 1 aliphatic heterocycles. The standard InChI is InChI=1S/C31H36F6N4O4S.ClH/c1-2-39-25-14-22(15-26(17-25)41-9-6-10-46(41,44)45)29(43)40-27(13-20-7-4-3-5-8-20)28(42)19-38-18-21-11-23(30(32,33)34)16-24(12-21)31(35,36)37;/h3-5,7-8,11-12,14-17,27-28,38-39,42,44-45H,2,6,9-10,13,18-19H2,1H3,(H,40,43);1H/t27-,28-;/m0./s1. The van der Waals surface area contributed by atoms with E-state index in [-0.39, 0.29) is 48.3 Å². The zero-order valence-corrected chi connectivity index (χ0v) is 26.9. The number of rotatable bonds is 12. The van der Waals surface area contributed by atoms with E-state index in [9.17, 15) is 45.3 Å². The normalized spacial score (nSPS) is 16.6. The van der Waals surface area contributed by atoms with Crippen molar-refractivity contribution in [2.45, 2.75) is 50.8 Å². The van der Waals surface area contributed by atoms with Crippen LogP contribution < -0.4 is 20.3 Å². The maximum atomic E-state index is 13.6. The lowest BCUT2D eigenvalue weighted by Crippen LogP contribution is -2.48. The number of aliphatic hydroxyl groups is 1. The van der Waals surface area contributed by atoms with Gasteiger partial charge in [0, 0.05) is 37.4 Å². The van der Waals surface area contributed by atoms with Gasteiger partial charge in [-0.15, -0.1) is 23.2 Å².